The van der Waals surface area contributed by atoms with E-state index in [9.17, 15) is 19.2 Å². The van der Waals surface area contributed by atoms with Crippen molar-refractivity contribution in [1.82, 2.24) is 15.5 Å². The molecular formula is C40H85N3O12. The number of carbonyl (C=O) groups excluding carboxylic acids is 4. The van der Waals surface area contributed by atoms with Crippen molar-refractivity contribution >= 4 is 24.0 Å². The monoisotopic (exact) mass is 800 g/mol. The Bertz CT molecular complexity index is 767. The summed E-state index contributed by atoms with van der Waals surface area (Å²) in [4.78, 5) is 47.5. The minimum absolute atomic E-state index is 0.0186. The number of carbonyl (C=O) groups is 4. The second kappa shape index (κ2) is 58.5. The molecule has 0 aliphatic heterocycles. The van der Waals surface area contributed by atoms with Crippen LogP contribution in [0, 0.1) is 5.92 Å². The van der Waals surface area contributed by atoms with Crippen molar-refractivity contribution in [2.24, 2.45) is 5.92 Å². The van der Waals surface area contributed by atoms with E-state index >= 15 is 0 Å². The average molecular weight is 800 g/mol. The van der Waals surface area contributed by atoms with Gasteiger partial charge in [0.1, 0.15) is 6.29 Å². The summed E-state index contributed by atoms with van der Waals surface area (Å²) in [6, 6.07) is 0. The van der Waals surface area contributed by atoms with Gasteiger partial charge in [-0.1, -0.05) is 75.7 Å². The molecule has 0 aromatic rings. The van der Waals surface area contributed by atoms with Crippen LogP contribution in [0.25, 0.3) is 0 Å². The van der Waals surface area contributed by atoms with Gasteiger partial charge in [0, 0.05) is 51.9 Å². The number of nitrogens with one attached hydrogen (secondary N) is 2. The summed E-state index contributed by atoms with van der Waals surface area (Å²) < 4.78 is 43.5. The lowest BCUT2D eigenvalue weighted by molar-refractivity contribution is -0.135. The van der Waals surface area contributed by atoms with Crippen LogP contribution in [0.5, 0.6) is 0 Å². The van der Waals surface area contributed by atoms with E-state index in [0.29, 0.717) is 125 Å². The molecule has 332 valence electrons. The van der Waals surface area contributed by atoms with E-state index < -0.39 is 0 Å². The maximum atomic E-state index is 12.0. The smallest absolute Gasteiger partial charge is 0.225 e. The lowest BCUT2D eigenvalue weighted by Gasteiger charge is -2.20. The number of rotatable bonds is 36. The molecule has 1 unspecified atom stereocenters. The zero-order valence-electron chi connectivity index (χ0n) is 37.0. The van der Waals surface area contributed by atoms with E-state index in [1.165, 1.54) is 4.90 Å². The molecule has 0 saturated carbocycles. The molecule has 0 aliphatic carbocycles. The zero-order chi connectivity index (χ0) is 42.6. The Morgan fingerprint density at radius 1 is 0.527 bits per heavy atom. The summed E-state index contributed by atoms with van der Waals surface area (Å²) in [5.74, 6) is -0.676. The molecule has 0 spiro atoms. The Hall–Kier alpha value is -2.24. The summed E-state index contributed by atoms with van der Waals surface area (Å²) in [7, 11) is 1.62. The summed E-state index contributed by atoms with van der Waals surface area (Å²) in [6.45, 7) is 28.3. The van der Waals surface area contributed by atoms with E-state index in [1.54, 1.807) is 14.0 Å². The van der Waals surface area contributed by atoms with Crippen LogP contribution < -0.4 is 10.6 Å². The van der Waals surface area contributed by atoms with Crippen molar-refractivity contribution in [3.05, 3.63) is 0 Å². The third-order valence-corrected chi connectivity index (χ3v) is 6.42. The molecule has 0 saturated heterocycles. The molecule has 3 amide bonds. The SMILES string of the molecule is CC.CC.CC.CC.CCCCNC(=O)CCOCCOCCOCCOCCOCCOCCOCCOCCNC(=O)CCN(C)C(=O)C(C)CC=O. The first-order valence-electron chi connectivity index (χ1n) is 20.8. The van der Waals surface area contributed by atoms with Crippen LogP contribution in [0.1, 0.15) is 101 Å². The summed E-state index contributed by atoms with van der Waals surface area (Å²) in [5, 5.41) is 5.60. The predicted octanol–water partition coefficient (Wildman–Crippen LogP) is 4.72. The largest absolute Gasteiger partial charge is 0.379 e. The second-order valence-electron chi connectivity index (χ2n) is 10.5. The van der Waals surface area contributed by atoms with Crippen molar-refractivity contribution in [2.45, 2.75) is 101 Å². The average Bonchev–Trinajstić information content (AvgIpc) is 3.22. The second-order valence-corrected chi connectivity index (χ2v) is 10.5. The third-order valence-electron chi connectivity index (χ3n) is 6.42. The molecule has 2 N–H and O–H groups in total. The molecule has 15 heteroatoms. The zero-order valence-corrected chi connectivity index (χ0v) is 37.0. The van der Waals surface area contributed by atoms with Gasteiger partial charge in [-0.15, -0.1) is 0 Å². The molecular weight excluding hydrogens is 714 g/mol. The Labute approximate surface area is 335 Å². The van der Waals surface area contributed by atoms with Gasteiger partial charge in [-0.2, -0.15) is 0 Å². The number of unbranched alkanes of at least 4 members (excludes halogenated alkanes) is 1. The Balaban J connectivity index is -0.000000971. The van der Waals surface area contributed by atoms with Crippen LogP contribution in [0.3, 0.4) is 0 Å². The molecule has 55 heavy (non-hydrogen) atoms. The van der Waals surface area contributed by atoms with Crippen molar-refractivity contribution in [3.63, 3.8) is 0 Å². The number of ether oxygens (including phenoxy) is 8. The van der Waals surface area contributed by atoms with Crippen LogP contribution in [0.15, 0.2) is 0 Å². The highest BCUT2D eigenvalue weighted by atomic mass is 16.6. The minimum atomic E-state index is -0.379. The number of nitrogens with zero attached hydrogens (tertiary/aromatic N) is 1. The van der Waals surface area contributed by atoms with Crippen LogP contribution in [0.4, 0.5) is 0 Å². The van der Waals surface area contributed by atoms with E-state index in [1.807, 2.05) is 55.4 Å². The lowest BCUT2D eigenvalue weighted by Crippen LogP contribution is -2.36. The fourth-order valence-electron chi connectivity index (χ4n) is 3.65. The van der Waals surface area contributed by atoms with Gasteiger partial charge in [0.05, 0.1) is 106 Å². The first kappa shape index (κ1) is 62.0. The molecule has 0 fully saturated rings. The van der Waals surface area contributed by atoms with Gasteiger partial charge in [0.15, 0.2) is 0 Å². The molecule has 0 heterocycles. The van der Waals surface area contributed by atoms with Gasteiger partial charge in [0.25, 0.3) is 0 Å². The number of hydrogen-bond donors (Lipinski definition) is 2. The van der Waals surface area contributed by atoms with Crippen LogP contribution in [0.2, 0.25) is 0 Å². The van der Waals surface area contributed by atoms with Crippen molar-refractivity contribution in [3.8, 4) is 0 Å². The minimum Gasteiger partial charge on any atom is -0.379 e. The molecule has 1 atom stereocenters. The predicted molar refractivity (Wildman–Crippen MR) is 220 cm³/mol. The van der Waals surface area contributed by atoms with E-state index in [0.717, 1.165) is 25.7 Å². The van der Waals surface area contributed by atoms with E-state index in [2.05, 4.69) is 17.6 Å². The standard InChI is InChI=1S/C32H61N3O12.4C2H6/c1-4-5-9-33-31(38)8-13-40-15-17-42-19-21-44-23-25-46-27-28-47-26-24-45-22-20-43-18-16-41-14-10-34-30(37)6-11-35(3)32(39)29(2)7-12-36;4*1-2/h12,29H,4-11,13-28H2,1-3H3,(H,33,38)(H,34,37);4*1-2H3. The highest BCUT2D eigenvalue weighted by Gasteiger charge is 2.17. The molecule has 0 bridgehead atoms. The van der Waals surface area contributed by atoms with Crippen molar-refractivity contribution in [1.29, 1.82) is 0 Å². The first-order valence-corrected chi connectivity index (χ1v) is 20.8. The summed E-state index contributed by atoms with van der Waals surface area (Å²) >= 11 is 0. The highest BCUT2D eigenvalue weighted by molar-refractivity contribution is 5.81. The third kappa shape index (κ3) is 53.9. The van der Waals surface area contributed by atoms with Gasteiger partial charge in [-0.3, -0.25) is 14.4 Å². The summed E-state index contributed by atoms with van der Waals surface area (Å²) in [5.41, 5.74) is 0. The Morgan fingerprint density at radius 2 is 0.855 bits per heavy atom. The van der Waals surface area contributed by atoms with Gasteiger partial charge in [0.2, 0.25) is 17.7 Å². The fourth-order valence-corrected chi connectivity index (χ4v) is 3.65. The van der Waals surface area contributed by atoms with Crippen molar-refractivity contribution < 1.29 is 57.1 Å². The number of hydrogen-bond acceptors (Lipinski definition) is 12. The molecule has 0 rings (SSSR count). The number of aldehydes is 1. The lowest BCUT2D eigenvalue weighted by atomic mass is 10.1. The van der Waals surface area contributed by atoms with E-state index in [-0.39, 0.29) is 36.5 Å². The van der Waals surface area contributed by atoms with Gasteiger partial charge < -0.3 is 58.2 Å². The maximum absolute atomic E-state index is 12.0. The Morgan fingerprint density at radius 3 is 1.22 bits per heavy atom. The van der Waals surface area contributed by atoms with E-state index in [4.69, 9.17) is 37.9 Å². The molecule has 0 aliphatic rings. The topological polar surface area (TPSA) is 169 Å². The van der Waals surface area contributed by atoms with Crippen molar-refractivity contribution in [2.75, 3.05) is 132 Å². The maximum Gasteiger partial charge on any atom is 0.225 e. The number of amides is 3. The quantitative estimate of drug-likeness (QED) is 0.0662. The summed E-state index contributed by atoms with van der Waals surface area (Å²) in [6.07, 6.45) is 3.51. The first-order chi connectivity index (χ1) is 26.9. The van der Waals surface area contributed by atoms with Crippen LogP contribution in [-0.2, 0) is 57.1 Å². The highest BCUT2D eigenvalue weighted by Crippen LogP contribution is 2.04. The normalized spacial score (nSPS) is 10.5. The fraction of sp³-hybridized carbons (Fsp3) is 0.900. The van der Waals surface area contributed by atoms with Crippen LogP contribution in [-0.4, -0.2) is 161 Å². The molecule has 15 nitrogen and oxygen atoms in total. The molecule has 0 aromatic carbocycles. The van der Waals surface area contributed by atoms with Gasteiger partial charge in [-0.25, -0.2) is 0 Å². The molecule has 0 radical (unpaired) electrons. The van der Waals surface area contributed by atoms with Crippen LogP contribution >= 0.6 is 0 Å². The van der Waals surface area contributed by atoms with Gasteiger partial charge in [-0.05, 0) is 6.42 Å². The van der Waals surface area contributed by atoms with Gasteiger partial charge >= 0.3 is 0 Å². The molecule has 0 aromatic heterocycles. The Kier molecular flexibility index (Phi) is 65.9.